The van der Waals surface area contributed by atoms with Crippen LogP contribution in [0, 0.1) is 0 Å². The van der Waals surface area contributed by atoms with Crippen LogP contribution in [0.4, 0.5) is 0 Å². The van der Waals surface area contributed by atoms with E-state index in [1.54, 1.807) is 36.4 Å². The lowest BCUT2D eigenvalue weighted by Crippen LogP contribution is -1.85. The molecular formula is C23H23ClO2S2. The summed E-state index contributed by atoms with van der Waals surface area (Å²) in [5, 5.41) is 0.200. The molecular weight excluding hydrogens is 408 g/mol. The van der Waals surface area contributed by atoms with E-state index in [1.165, 1.54) is 18.4 Å². The summed E-state index contributed by atoms with van der Waals surface area (Å²) in [7, 11) is 0. The zero-order valence-corrected chi connectivity index (χ0v) is 18.1. The highest BCUT2D eigenvalue weighted by Gasteiger charge is 1.97. The summed E-state index contributed by atoms with van der Waals surface area (Å²) in [4.78, 5) is 21.1. The average Bonchev–Trinajstić information content (AvgIpc) is 2.71. The number of hydrogen-bond acceptors (Lipinski definition) is 2. The van der Waals surface area contributed by atoms with Gasteiger partial charge >= 0.3 is 0 Å². The maximum Gasteiger partial charge on any atom is 0.216 e. The van der Waals surface area contributed by atoms with Crippen LogP contribution in [0.3, 0.4) is 0 Å². The van der Waals surface area contributed by atoms with Crippen molar-refractivity contribution in [2.45, 2.75) is 19.8 Å². The molecule has 0 saturated heterocycles. The fourth-order valence-electron chi connectivity index (χ4n) is 2.11. The smallest absolute Gasteiger partial charge is 0.216 e. The largest absolute Gasteiger partial charge is 0.282 e. The number of hydrogen-bond donors (Lipinski definition) is 2. The van der Waals surface area contributed by atoms with Crippen LogP contribution in [0.2, 0.25) is 5.02 Å². The number of halogens is 1. The molecule has 0 N–H and O–H groups in total. The van der Waals surface area contributed by atoms with E-state index in [2.05, 4.69) is 62.5 Å². The van der Waals surface area contributed by atoms with Crippen LogP contribution >= 0.6 is 36.9 Å². The van der Waals surface area contributed by atoms with Crippen LogP contribution in [-0.4, -0.2) is 10.2 Å². The zero-order chi connectivity index (χ0) is 20.8. The van der Waals surface area contributed by atoms with Crippen molar-refractivity contribution in [3.63, 3.8) is 0 Å². The highest BCUT2D eigenvalue weighted by Crippen LogP contribution is 2.10. The number of rotatable bonds is 4. The van der Waals surface area contributed by atoms with Crippen LogP contribution in [0.5, 0.6) is 0 Å². The van der Waals surface area contributed by atoms with Crippen molar-refractivity contribution < 1.29 is 9.59 Å². The molecule has 3 aromatic carbocycles. The third kappa shape index (κ3) is 10.4. The van der Waals surface area contributed by atoms with E-state index in [1.807, 2.05) is 18.2 Å². The lowest BCUT2D eigenvalue weighted by Gasteiger charge is -1.93. The molecule has 0 spiro atoms. The van der Waals surface area contributed by atoms with Gasteiger partial charge in [-0.05, 0) is 36.2 Å². The first-order chi connectivity index (χ1) is 13.4. The molecule has 0 aliphatic heterocycles. The van der Waals surface area contributed by atoms with E-state index in [9.17, 15) is 9.59 Å². The number of benzene rings is 3. The maximum atomic E-state index is 10.6. The van der Waals surface area contributed by atoms with E-state index >= 15 is 0 Å². The first-order valence-electron chi connectivity index (χ1n) is 8.75. The van der Waals surface area contributed by atoms with Gasteiger partial charge in [0.05, 0.1) is 0 Å². The van der Waals surface area contributed by atoms with Gasteiger partial charge < -0.3 is 0 Å². The summed E-state index contributed by atoms with van der Waals surface area (Å²) in [5.41, 5.74) is 2.65. The molecule has 0 unspecified atom stereocenters. The van der Waals surface area contributed by atoms with Gasteiger partial charge in [0.25, 0.3) is 0 Å². The number of aryl methyl sites for hydroxylation is 1. The van der Waals surface area contributed by atoms with Gasteiger partial charge in [-0.15, -0.1) is 25.3 Å². The predicted octanol–water partition coefficient (Wildman–Crippen LogP) is 6.81. The molecule has 0 amide bonds. The molecule has 2 nitrogen and oxygen atoms in total. The Balaban J connectivity index is 0.000000210. The molecule has 0 saturated carbocycles. The lowest BCUT2D eigenvalue weighted by molar-refractivity contribution is 0.108. The molecule has 5 heteroatoms. The van der Waals surface area contributed by atoms with Crippen molar-refractivity contribution >= 4 is 47.1 Å². The van der Waals surface area contributed by atoms with Crippen LogP contribution in [0.25, 0.3) is 0 Å². The first-order valence-corrected chi connectivity index (χ1v) is 10.0. The molecule has 0 fully saturated rings. The lowest BCUT2D eigenvalue weighted by atomic mass is 10.1. The van der Waals surface area contributed by atoms with E-state index in [4.69, 9.17) is 11.6 Å². The summed E-state index contributed by atoms with van der Waals surface area (Å²) in [6.07, 6.45) is 2.45. The molecule has 3 rings (SSSR count). The van der Waals surface area contributed by atoms with Gasteiger partial charge in [-0.25, -0.2) is 0 Å². The third-order valence-electron chi connectivity index (χ3n) is 3.49. The molecule has 3 aromatic rings. The maximum absolute atomic E-state index is 10.6. The Hall–Kier alpha value is -2.01. The highest BCUT2D eigenvalue weighted by atomic mass is 35.5. The minimum absolute atomic E-state index is 0.185. The minimum Gasteiger partial charge on any atom is -0.282 e. The summed E-state index contributed by atoms with van der Waals surface area (Å²) >= 11 is 12.9. The Morgan fingerprint density at radius 2 is 1.14 bits per heavy atom. The fraction of sp³-hybridized carbons (Fsp3) is 0.130. The Morgan fingerprint density at radius 1 is 0.714 bits per heavy atom. The molecule has 0 radical (unpaired) electrons. The Bertz CT molecular complexity index is 835. The van der Waals surface area contributed by atoms with E-state index < -0.39 is 0 Å². The standard InChI is InChI=1S/C9H12.C7H5ClOS.C7H6OS/c1-2-6-9-7-4-3-5-8-9;8-6-3-1-5(2-4-6)7(9)10;8-7(9)6-4-2-1-3-5-6/h3-5,7-8H,2,6H2,1H3;1-4H,(H,9,10);1-5H,(H,8,9). The molecule has 0 aliphatic rings. The quantitative estimate of drug-likeness (QED) is 0.446. The van der Waals surface area contributed by atoms with Gasteiger partial charge in [-0.1, -0.05) is 85.6 Å². The van der Waals surface area contributed by atoms with Gasteiger partial charge in [-0.3, -0.25) is 9.59 Å². The van der Waals surface area contributed by atoms with Crippen molar-refractivity contribution in [1.82, 2.24) is 0 Å². The van der Waals surface area contributed by atoms with Crippen LogP contribution in [0.1, 0.15) is 39.6 Å². The number of carbonyl (C=O) groups is 2. The van der Waals surface area contributed by atoms with Gasteiger partial charge in [0.15, 0.2) is 0 Å². The number of carbonyl (C=O) groups excluding carboxylic acids is 2. The minimum atomic E-state index is -0.239. The Morgan fingerprint density at radius 3 is 1.54 bits per heavy atom. The van der Waals surface area contributed by atoms with Gasteiger partial charge in [0, 0.05) is 16.1 Å². The zero-order valence-electron chi connectivity index (χ0n) is 15.6. The molecule has 146 valence electrons. The van der Waals surface area contributed by atoms with E-state index in [-0.39, 0.29) is 10.2 Å². The molecule has 0 aliphatic carbocycles. The molecule has 0 heterocycles. The fourth-order valence-corrected chi connectivity index (χ4v) is 2.53. The van der Waals surface area contributed by atoms with Gasteiger partial charge in [0.1, 0.15) is 0 Å². The third-order valence-corrected chi connectivity index (χ3v) is 4.26. The van der Waals surface area contributed by atoms with Crippen molar-refractivity contribution in [1.29, 1.82) is 0 Å². The van der Waals surface area contributed by atoms with Gasteiger partial charge in [-0.2, -0.15) is 0 Å². The summed E-state index contributed by atoms with van der Waals surface area (Å²) in [5.74, 6) is 0. The monoisotopic (exact) mass is 430 g/mol. The summed E-state index contributed by atoms with van der Waals surface area (Å²) in [6.45, 7) is 2.20. The first kappa shape index (κ1) is 24.0. The second-order valence-electron chi connectivity index (χ2n) is 5.72. The van der Waals surface area contributed by atoms with E-state index in [0.717, 1.165) is 0 Å². The summed E-state index contributed by atoms with van der Waals surface area (Å²) < 4.78 is 0. The predicted molar refractivity (Wildman–Crippen MR) is 125 cm³/mol. The van der Waals surface area contributed by atoms with Gasteiger partial charge in [0.2, 0.25) is 10.2 Å². The second kappa shape index (κ2) is 14.1. The average molecular weight is 431 g/mol. The normalized spacial score (nSPS) is 9.29. The Kier molecular flexibility index (Phi) is 12.1. The second-order valence-corrected chi connectivity index (χ2v) is 6.97. The van der Waals surface area contributed by atoms with Crippen molar-refractivity contribution in [2.24, 2.45) is 0 Å². The topological polar surface area (TPSA) is 34.1 Å². The van der Waals surface area contributed by atoms with Crippen molar-refractivity contribution in [3.8, 4) is 0 Å². The SMILES string of the molecule is CCCc1ccccc1.O=C(S)c1ccc(Cl)cc1.O=C(S)c1ccccc1. The molecule has 0 atom stereocenters. The van der Waals surface area contributed by atoms with Crippen LogP contribution in [-0.2, 0) is 6.42 Å². The molecule has 0 aromatic heterocycles. The highest BCUT2D eigenvalue weighted by molar-refractivity contribution is 7.97. The van der Waals surface area contributed by atoms with Crippen LogP contribution < -0.4 is 0 Å². The number of thiol groups is 2. The molecule has 28 heavy (non-hydrogen) atoms. The van der Waals surface area contributed by atoms with E-state index in [0.29, 0.717) is 16.1 Å². The summed E-state index contributed by atoms with van der Waals surface area (Å²) in [6, 6.07) is 26.1. The van der Waals surface area contributed by atoms with Crippen molar-refractivity contribution in [2.75, 3.05) is 0 Å². The Labute approximate surface area is 182 Å². The van der Waals surface area contributed by atoms with Crippen LogP contribution in [0.15, 0.2) is 84.9 Å². The molecule has 0 bridgehead atoms. The van der Waals surface area contributed by atoms with Crippen molar-refractivity contribution in [3.05, 3.63) is 107 Å².